The zero-order valence-corrected chi connectivity index (χ0v) is 30.6. The van der Waals surface area contributed by atoms with Crippen LogP contribution in [0.25, 0.3) is 0 Å². The molecule has 4 aromatic rings. The van der Waals surface area contributed by atoms with Gasteiger partial charge in [-0.25, -0.2) is 9.78 Å². The van der Waals surface area contributed by atoms with Gasteiger partial charge in [0.25, 0.3) is 17.7 Å². The molecule has 2 N–H and O–H groups in total. The number of methoxy groups -OCH3 is 1. The molecule has 0 unspecified atom stereocenters. The number of ether oxygens (including phenoxy) is 2. The zero-order chi connectivity index (χ0) is 36.5. The van der Waals surface area contributed by atoms with E-state index >= 15 is 0 Å². The van der Waals surface area contributed by atoms with E-state index in [0.717, 1.165) is 86.1 Å². The van der Waals surface area contributed by atoms with Crippen molar-refractivity contribution in [3.05, 3.63) is 111 Å². The molecule has 0 atom stereocenters. The van der Waals surface area contributed by atoms with Crippen LogP contribution in [0.5, 0.6) is 0 Å². The molecule has 6 rings (SSSR count). The number of nitrogens with zero attached hydrogens (tertiary/aromatic N) is 3. The summed E-state index contributed by atoms with van der Waals surface area (Å²) >= 11 is 1.44. The fourth-order valence-corrected chi connectivity index (χ4v) is 7.81. The lowest BCUT2D eigenvalue weighted by Crippen LogP contribution is -2.42. The number of amides is 3. The normalized spacial score (nSPS) is 14.3. The summed E-state index contributed by atoms with van der Waals surface area (Å²) in [5.41, 5.74) is 5.29. The first-order chi connectivity index (χ1) is 25.3. The largest absolute Gasteiger partial charge is 0.465 e. The van der Waals surface area contributed by atoms with Gasteiger partial charge in [0.15, 0.2) is 0 Å². The van der Waals surface area contributed by atoms with Crippen LogP contribution in [-0.4, -0.2) is 92.0 Å². The van der Waals surface area contributed by atoms with E-state index in [1.54, 1.807) is 42.3 Å². The van der Waals surface area contributed by atoms with Crippen molar-refractivity contribution < 1.29 is 28.7 Å². The van der Waals surface area contributed by atoms with Crippen LogP contribution in [0, 0.1) is 0 Å². The fraction of sp³-hybridized carbons (Fsp3) is 0.375. The van der Waals surface area contributed by atoms with Gasteiger partial charge < -0.3 is 25.0 Å². The van der Waals surface area contributed by atoms with E-state index in [4.69, 9.17) is 9.47 Å². The number of likely N-dealkylation sites (N-methyl/N-ethyl adjacent to an activating group) is 1. The Morgan fingerprint density at radius 1 is 0.865 bits per heavy atom. The summed E-state index contributed by atoms with van der Waals surface area (Å²) in [6.07, 6.45) is 6.32. The number of fused-ring (bicyclic) bond motifs is 1. The quantitative estimate of drug-likeness (QED) is 0.163. The number of morpholine rings is 1. The molecule has 1 aliphatic carbocycles. The minimum Gasteiger partial charge on any atom is -0.465 e. The Morgan fingerprint density at radius 3 is 2.25 bits per heavy atom. The lowest BCUT2D eigenvalue weighted by molar-refractivity contribution is 0.0337. The van der Waals surface area contributed by atoms with Crippen molar-refractivity contribution in [2.45, 2.75) is 44.9 Å². The Hall–Kier alpha value is -4.91. The number of thiophene rings is 1. The van der Waals surface area contributed by atoms with Crippen LogP contribution in [0.1, 0.15) is 82.5 Å². The molecule has 2 aromatic carbocycles. The molecule has 11 nitrogen and oxygen atoms in total. The lowest BCUT2D eigenvalue weighted by Gasteiger charge is -2.28. The molecule has 1 fully saturated rings. The highest BCUT2D eigenvalue weighted by molar-refractivity contribution is 7.17. The lowest BCUT2D eigenvalue weighted by atomic mass is 9.95. The topological polar surface area (TPSA) is 130 Å². The second-order valence-corrected chi connectivity index (χ2v) is 14.3. The van der Waals surface area contributed by atoms with Crippen molar-refractivity contribution in [1.29, 1.82) is 0 Å². The molecule has 0 radical (unpaired) electrons. The summed E-state index contributed by atoms with van der Waals surface area (Å²) in [7, 11) is 3.11. The van der Waals surface area contributed by atoms with Gasteiger partial charge in [-0.1, -0.05) is 30.3 Å². The Bertz CT molecular complexity index is 1890. The molecule has 1 aliphatic heterocycles. The maximum absolute atomic E-state index is 13.8. The van der Waals surface area contributed by atoms with Crippen LogP contribution in [0.15, 0.2) is 66.7 Å². The minimum absolute atomic E-state index is 0.110. The highest BCUT2D eigenvalue weighted by atomic mass is 32.1. The predicted molar refractivity (Wildman–Crippen MR) is 202 cm³/mol. The van der Waals surface area contributed by atoms with Crippen LogP contribution < -0.4 is 10.6 Å². The van der Waals surface area contributed by atoms with Gasteiger partial charge >= 0.3 is 5.97 Å². The summed E-state index contributed by atoms with van der Waals surface area (Å²) in [5, 5.41) is 6.50. The number of anilines is 2. The number of pyridine rings is 1. The molecule has 1 saturated heterocycles. The van der Waals surface area contributed by atoms with E-state index < -0.39 is 5.91 Å². The third kappa shape index (κ3) is 9.30. The highest BCUT2D eigenvalue weighted by Crippen LogP contribution is 2.39. The van der Waals surface area contributed by atoms with Crippen LogP contribution >= 0.6 is 11.3 Å². The monoisotopic (exact) mass is 723 g/mol. The van der Waals surface area contributed by atoms with E-state index in [1.165, 1.54) is 18.4 Å². The summed E-state index contributed by atoms with van der Waals surface area (Å²) in [4.78, 5) is 61.6. The van der Waals surface area contributed by atoms with Gasteiger partial charge in [-0.3, -0.25) is 19.3 Å². The van der Waals surface area contributed by atoms with Crippen molar-refractivity contribution in [3.8, 4) is 0 Å². The second kappa shape index (κ2) is 17.5. The van der Waals surface area contributed by atoms with E-state index in [1.807, 2.05) is 36.4 Å². The van der Waals surface area contributed by atoms with Crippen molar-refractivity contribution >= 4 is 45.7 Å². The number of aryl methyl sites for hydroxylation is 3. The summed E-state index contributed by atoms with van der Waals surface area (Å²) in [6.45, 7) is 4.35. The number of esters is 1. The minimum atomic E-state index is -0.470. The van der Waals surface area contributed by atoms with Crippen molar-refractivity contribution in [1.82, 2.24) is 14.8 Å². The Morgan fingerprint density at radius 2 is 1.54 bits per heavy atom. The average molecular weight is 724 g/mol. The van der Waals surface area contributed by atoms with E-state index in [0.29, 0.717) is 41.6 Å². The fourth-order valence-electron chi connectivity index (χ4n) is 6.53. The van der Waals surface area contributed by atoms with Crippen LogP contribution in [0.2, 0.25) is 0 Å². The Kier molecular flexibility index (Phi) is 12.4. The van der Waals surface area contributed by atoms with Crippen LogP contribution in [0.4, 0.5) is 10.7 Å². The van der Waals surface area contributed by atoms with Crippen molar-refractivity contribution in [2.24, 2.45) is 0 Å². The molecular formula is C40H45N5O6S. The summed E-state index contributed by atoms with van der Waals surface area (Å²) in [6, 6.07) is 20.2. The van der Waals surface area contributed by atoms with E-state index in [2.05, 4.69) is 20.5 Å². The Balaban J connectivity index is 1.07. The number of hydrogen-bond donors (Lipinski definition) is 2. The summed E-state index contributed by atoms with van der Waals surface area (Å²) in [5.74, 6) is -1.34. The molecule has 52 heavy (non-hydrogen) atoms. The molecule has 3 amide bonds. The summed E-state index contributed by atoms with van der Waals surface area (Å²) < 4.78 is 10.2. The average Bonchev–Trinajstić information content (AvgIpc) is 3.55. The standard InChI is InChI=1S/C40H45N5O6S/c1-44(21-22-45-23-25-51-26-24-45)39(48)33-11-6-10-32(42-33)36(46)43-38-35(31-9-3-4-12-34(31)52-38)37(47)41-30-19-15-28(16-20-30)8-5-7-27-13-17-29(18-14-27)40(49)50-2/h6,10-11,13-20H,3-5,7-9,12,21-26H2,1-2H3,(H,41,47)(H,43,46). The van der Waals surface area contributed by atoms with Gasteiger partial charge in [0.05, 0.1) is 31.5 Å². The number of rotatable bonds is 13. The molecule has 3 heterocycles. The van der Waals surface area contributed by atoms with Gasteiger partial charge in [-0.05, 0) is 98.0 Å². The van der Waals surface area contributed by atoms with Gasteiger partial charge in [0, 0.05) is 43.8 Å². The number of nitrogens with one attached hydrogen (secondary N) is 2. The first-order valence-electron chi connectivity index (χ1n) is 17.8. The Labute approximate surface area is 308 Å². The second-order valence-electron chi connectivity index (χ2n) is 13.2. The molecule has 0 bridgehead atoms. The third-order valence-electron chi connectivity index (χ3n) is 9.55. The van der Waals surface area contributed by atoms with Crippen LogP contribution in [0.3, 0.4) is 0 Å². The molecule has 0 saturated carbocycles. The van der Waals surface area contributed by atoms with E-state index in [9.17, 15) is 19.2 Å². The zero-order valence-electron chi connectivity index (χ0n) is 29.7. The molecule has 2 aliphatic rings. The first kappa shape index (κ1) is 36.9. The number of carbonyl (C=O) groups excluding carboxylic acids is 4. The first-order valence-corrected chi connectivity index (χ1v) is 18.7. The molecule has 2 aromatic heterocycles. The maximum atomic E-state index is 13.8. The van der Waals surface area contributed by atoms with Crippen molar-refractivity contribution in [2.75, 3.05) is 64.2 Å². The molecule has 12 heteroatoms. The predicted octanol–water partition coefficient (Wildman–Crippen LogP) is 5.89. The van der Waals surface area contributed by atoms with Gasteiger partial charge in [-0.15, -0.1) is 11.3 Å². The van der Waals surface area contributed by atoms with E-state index in [-0.39, 0.29) is 29.2 Å². The maximum Gasteiger partial charge on any atom is 0.337 e. The molecule has 0 spiro atoms. The third-order valence-corrected chi connectivity index (χ3v) is 10.8. The van der Waals surface area contributed by atoms with Gasteiger partial charge in [0.1, 0.15) is 16.4 Å². The highest BCUT2D eigenvalue weighted by Gasteiger charge is 2.27. The number of carbonyl (C=O) groups is 4. The molecular weight excluding hydrogens is 679 g/mol. The number of benzene rings is 2. The van der Waals surface area contributed by atoms with Crippen molar-refractivity contribution in [3.63, 3.8) is 0 Å². The van der Waals surface area contributed by atoms with Gasteiger partial charge in [0.2, 0.25) is 0 Å². The smallest absolute Gasteiger partial charge is 0.337 e. The van der Waals surface area contributed by atoms with Gasteiger partial charge in [-0.2, -0.15) is 0 Å². The SMILES string of the molecule is COC(=O)c1ccc(CCCc2ccc(NC(=O)c3c(NC(=O)c4cccc(C(=O)N(C)CCN5CCOCC5)n4)sc4c3CCCC4)cc2)cc1. The molecule has 272 valence electrons. The number of aromatic nitrogens is 1. The number of hydrogen-bond acceptors (Lipinski definition) is 9. The van der Waals surface area contributed by atoms with Crippen LogP contribution in [-0.2, 0) is 35.2 Å².